The summed E-state index contributed by atoms with van der Waals surface area (Å²) in [5.74, 6) is -0.796. The molecule has 1 fully saturated rings. The number of carbonyl (C=O) groups is 1. The topological polar surface area (TPSA) is 67.6 Å². The molecule has 2 rings (SSSR count). The molecule has 1 aliphatic rings. The molecule has 0 radical (unpaired) electrons. The van der Waals surface area contributed by atoms with Crippen molar-refractivity contribution in [1.82, 2.24) is 14.5 Å². The maximum absolute atomic E-state index is 10.4. The van der Waals surface area contributed by atoms with Gasteiger partial charge >= 0.3 is 5.97 Å². The number of imidazole rings is 1. The molecule has 0 bridgehead atoms. The first-order valence-corrected chi connectivity index (χ1v) is 7.23. The van der Waals surface area contributed by atoms with E-state index < -0.39 is 5.97 Å². The Morgan fingerprint density at radius 2 is 2.25 bits per heavy atom. The molecule has 2 heterocycles. The number of aromatic nitrogens is 2. The van der Waals surface area contributed by atoms with Gasteiger partial charge in [0.1, 0.15) is 0 Å². The lowest BCUT2D eigenvalue weighted by Crippen LogP contribution is -2.37. The average molecular weight is 281 g/mol. The lowest BCUT2D eigenvalue weighted by atomic mass is 10.1. The van der Waals surface area contributed by atoms with E-state index in [0.717, 1.165) is 39.0 Å². The minimum atomic E-state index is -0.796. The highest BCUT2D eigenvalue weighted by Gasteiger charge is 2.20. The van der Waals surface area contributed by atoms with Crippen LogP contribution in [0.5, 0.6) is 0 Å². The van der Waals surface area contributed by atoms with E-state index in [1.807, 2.05) is 12.5 Å². The molecule has 6 heteroatoms. The molecule has 1 aromatic heterocycles. The summed E-state index contributed by atoms with van der Waals surface area (Å²) in [5.41, 5.74) is 1.25. The van der Waals surface area contributed by atoms with Gasteiger partial charge < -0.3 is 14.4 Å². The van der Waals surface area contributed by atoms with Gasteiger partial charge in [0.05, 0.1) is 31.2 Å². The minimum absolute atomic E-state index is 0.0932. The van der Waals surface area contributed by atoms with E-state index in [1.165, 1.54) is 5.69 Å². The van der Waals surface area contributed by atoms with Gasteiger partial charge in [0.2, 0.25) is 0 Å². The maximum atomic E-state index is 10.4. The van der Waals surface area contributed by atoms with Crippen LogP contribution in [0.2, 0.25) is 0 Å². The minimum Gasteiger partial charge on any atom is -0.481 e. The third-order valence-electron chi connectivity index (χ3n) is 3.73. The molecule has 1 N–H and O–H groups in total. The van der Waals surface area contributed by atoms with Crippen LogP contribution in [0.4, 0.5) is 0 Å². The second-order valence-corrected chi connectivity index (χ2v) is 5.16. The van der Waals surface area contributed by atoms with Crippen molar-refractivity contribution in [1.29, 1.82) is 0 Å². The Morgan fingerprint density at radius 3 is 2.90 bits per heavy atom. The number of aryl methyl sites for hydroxylation is 1. The van der Waals surface area contributed by atoms with Gasteiger partial charge in [-0.2, -0.15) is 0 Å². The van der Waals surface area contributed by atoms with E-state index in [9.17, 15) is 4.79 Å². The van der Waals surface area contributed by atoms with Gasteiger partial charge in [0, 0.05) is 32.4 Å². The Kier molecular flexibility index (Phi) is 5.55. The first-order valence-electron chi connectivity index (χ1n) is 7.23. The van der Waals surface area contributed by atoms with Gasteiger partial charge in [-0.25, -0.2) is 4.98 Å². The molecule has 1 saturated heterocycles. The molecule has 0 saturated carbocycles. The van der Waals surface area contributed by atoms with Crippen LogP contribution in [0.3, 0.4) is 0 Å². The number of aliphatic carboxylic acids is 1. The molecule has 6 nitrogen and oxygen atoms in total. The number of carboxylic acids is 1. The van der Waals surface area contributed by atoms with E-state index >= 15 is 0 Å². The molecule has 1 aromatic rings. The highest BCUT2D eigenvalue weighted by atomic mass is 16.5. The van der Waals surface area contributed by atoms with Crippen LogP contribution in [-0.2, 0) is 22.6 Å². The number of hydrogen-bond donors (Lipinski definition) is 1. The molecular weight excluding hydrogens is 258 g/mol. The van der Waals surface area contributed by atoms with E-state index in [0.29, 0.717) is 6.61 Å². The summed E-state index contributed by atoms with van der Waals surface area (Å²) in [7, 11) is 0. The van der Waals surface area contributed by atoms with Crippen LogP contribution >= 0.6 is 0 Å². The molecule has 1 aliphatic heterocycles. The van der Waals surface area contributed by atoms with Crippen LogP contribution in [0.1, 0.15) is 31.9 Å². The zero-order valence-electron chi connectivity index (χ0n) is 12.0. The van der Waals surface area contributed by atoms with Crippen molar-refractivity contribution in [2.75, 3.05) is 19.7 Å². The van der Waals surface area contributed by atoms with Crippen molar-refractivity contribution in [2.24, 2.45) is 0 Å². The summed E-state index contributed by atoms with van der Waals surface area (Å²) in [5, 5.41) is 8.58. The molecule has 0 amide bonds. The molecule has 0 aromatic carbocycles. The van der Waals surface area contributed by atoms with Gasteiger partial charge in [-0.3, -0.25) is 9.69 Å². The zero-order valence-corrected chi connectivity index (χ0v) is 12.0. The fraction of sp³-hybridized carbons (Fsp3) is 0.714. The maximum Gasteiger partial charge on any atom is 0.305 e. The molecule has 0 atom stereocenters. The zero-order chi connectivity index (χ0) is 14.4. The van der Waals surface area contributed by atoms with Crippen LogP contribution in [0, 0.1) is 0 Å². The third-order valence-corrected chi connectivity index (χ3v) is 3.73. The molecule has 20 heavy (non-hydrogen) atoms. The summed E-state index contributed by atoms with van der Waals surface area (Å²) in [4.78, 5) is 17.0. The number of rotatable bonds is 7. The number of likely N-dealkylation sites (tertiary alicyclic amines) is 1. The summed E-state index contributed by atoms with van der Waals surface area (Å²) in [6.07, 6.45) is 6.05. The van der Waals surface area contributed by atoms with Crippen LogP contribution in [-0.4, -0.2) is 51.3 Å². The lowest BCUT2D eigenvalue weighted by Gasteiger charge is -2.31. The molecule has 0 spiro atoms. The Bertz CT molecular complexity index is 425. The Labute approximate surface area is 119 Å². The van der Waals surface area contributed by atoms with Crippen molar-refractivity contribution in [2.45, 2.75) is 45.4 Å². The van der Waals surface area contributed by atoms with E-state index in [-0.39, 0.29) is 12.5 Å². The van der Waals surface area contributed by atoms with Crippen molar-refractivity contribution in [3.05, 3.63) is 18.2 Å². The van der Waals surface area contributed by atoms with E-state index in [2.05, 4.69) is 21.4 Å². The fourth-order valence-electron chi connectivity index (χ4n) is 2.54. The predicted molar refractivity (Wildman–Crippen MR) is 74.4 cm³/mol. The number of nitrogens with zero attached hydrogens (tertiary/aromatic N) is 3. The quantitative estimate of drug-likeness (QED) is 0.817. The van der Waals surface area contributed by atoms with Crippen molar-refractivity contribution in [3.63, 3.8) is 0 Å². The van der Waals surface area contributed by atoms with E-state index in [1.54, 1.807) is 0 Å². The average Bonchev–Trinajstić information content (AvgIpc) is 2.87. The Hall–Kier alpha value is -1.40. The van der Waals surface area contributed by atoms with Gasteiger partial charge in [-0.1, -0.05) is 0 Å². The monoisotopic (exact) mass is 281 g/mol. The SMILES string of the molecule is CCn1cncc1CN1CCC(OCCC(=O)O)CC1. The van der Waals surface area contributed by atoms with Gasteiger partial charge in [0.25, 0.3) is 0 Å². The fourth-order valence-corrected chi connectivity index (χ4v) is 2.54. The predicted octanol–water partition coefficient (Wildman–Crippen LogP) is 1.36. The number of hydrogen-bond acceptors (Lipinski definition) is 4. The second kappa shape index (κ2) is 7.40. The summed E-state index contributed by atoms with van der Waals surface area (Å²) >= 11 is 0. The largest absolute Gasteiger partial charge is 0.481 e. The highest BCUT2D eigenvalue weighted by molar-refractivity contribution is 5.66. The van der Waals surface area contributed by atoms with Crippen LogP contribution in [0.15, 0.2) is 12.5 Å². The molecule has 112 valence electrons. The lowest BCUT2D eigenvalue weighted by molar-refractivity contribution is -0.138. The van der Waals surface area contributed by atoms with Crippen molar-refractivity contribution < 1.29 is 14.6 Å². The number of ether oxygens (including phenoxy) is 1. The van der Waals surface area contributed by atoms with Crippen LogP contribution in [0.25, 0.3) is 0 Å². The van der Waals surface area contributed by atoms with Crippen molar-refractivity contribution >= 4 is 5.97 Å². The summed E-state index contributed by atoms with van der Waals surface area (Å²) in [6, 6.07) is 0. The normalized spacial score (nSPS) is 17.4. The van der Waals surface area contributed by atoms with Gasteiger partial charge in [-0.05, 0) is 19.8 Å². The van der Waals surface area contributed by atoms with Gasteiger partial charge in [-0.15, -0.1) is 0 Å². The Balaban J connectivity index is 1.70. The van der Waals surface area contributed by atoms with Crippen molar-refractivity contribution in [3.8, 4) is 0 Å². The second-order valence-electron chi connectivity index (χ2n) is 5.16. The molecular formula is C14H23N3O3. The van der Waals surface area contributed by atoms with E-state index in [4.69, 9.17) is 9.84 Å². The molecule has 0 aliphatic carbocycles. The number of carboxylic acid groups (broad SMARTS) is 1. The smallest absolute Gasteiger partial charge is 0.305 e. The first kappa shape index (κ1) is 15.0. The van der Waals surface area contributed by atoms with Gasteiger partial charge in [0.15, 0.2) is 0 Å². The summed E-state index contributed by atoms with van der Waals surface area (Å²) in [6.45, 7) is 6.30. The highest BCUT2D eigenvalue weighted by Crippen LogP contribution is 2.16. The standard InChI is InChI=1S/C14H23N3O3/c1-2-17-11-15-9-12(17)10-16-6-3-13(4-7-16)20-8-5-14(18)19/h9,11,13H,2-8,10H2,1H3,(H,18,19). The number of piperidine rings is 1. The third kappa shape index (κ3) is 4.31. The molecule has 0 unspecified atom stereocenters. The summed E-state index contributed by atoms with van der Waals surface area (Å²) < 4.78 is 7.76. The first-order chi connectivity index (χ1) is 9.69. The Morgan fingerprint density at radius 1 is 1.50 bits per heavy atom. The van der Waals surface area contributed by atoms with Crippen LogP contribution < -0.4 is 0 Å².